The number of phenols is 1. The molecule has 0 aromatic heterocycles. The summed E-state index contributed by atoms with van der Waals surface area (Å²) in [5.74, 6) is 0.316. The van der Waals surface area contributed by atoms with E-state index in [4.69, 9.17) is 9.47 Å². The molecule has 0 saturated heterocycles. The highest BCUT2D eigenvalue weighted by Crippen LogP contribution is 2.44. The van der Waals surface area contributed by atoms with Gasteiger partial charge in [-0.2, -0.15) is 0 Å². The molecule has 2 aromatic rings. The number of hydrogen-bond acceptors (Lipinski definition) is 5. The van der Waals surface area contributed by atoms with Gasteiger partial charge in [-0.25, -0.2) is 13.1 Å². The third kappa shape index (κ3) is 5.04. The first-order chi connectivity index (χ1) is 14.2. The van der Waals surface area contributed by atoms with Crippen LogP contribution < -0.4 is 14.2 Å². The standard InChI is InChI=1S/C23H29NO5S/c1-7-8-18-21(28-5)13-20(25)22(23(18)29-6)19(15(2)3)14-24-30(26,27)17-11-9-16(4)10-12-17/h7,9-13,19,24-25H,1-2,8,14H2,3-6H3/t19-/m1/s1. The first kappa shape index (κ1) is 23.5. The van der Waals surface area contributed by atoms with Crippen LogP contribution in [0, 0.1) is 6.92 Å². The Kier molecular flexibility index (Phi) is 7.70. The molecule has 7 heteroatoms. The molecule has 0 aliphatic heterocycles. The van der Waals surface area contributed by atoms with Crippen LogP contribution in [0.4, 0.5) is 0 Å². The van der Waals surface area contributed by atoms with Gasteiger partial charge in [0.15, 0.2) is 0 Å². The van der Waals surface area contributed by atoms with Crippen molar-refractivity contribution in [2.24, 2.45) is 0 Å². The summed E-state index contributed by atoms with van der Waals surface area (Å²) in [5.41, 5.74) is 2.81. The quantitative estimate of drug-likeness (QED) is 0.554. The van der Waals surface area contributed by atoms with Gasteiger partial charge in [0.2, 0.25) is 10.0 Å². The highest BCUT2D eigenvalue weighted by Gasteiger charge is 2.27. The molecule has 0 saturated carbocycles. The van der Waals surface area contributed by atoms with Gasteiger partial charge in [-0.3, -0.25) is 0 Å². The summed E-state index contributed by atoms with van der Waals surface area (Å²) in [4.78, 5) is 0.173. The van der Waals surface area contributed by atoms with Gasteiger partial charge in [0.25, 0.3) is 0 Å². The number of sulfonamides is 1. The fourth-order valence-corrected chi connectivity index (χ4v) is 4.33. The molecule has 0 fully saturated rings. The molecule has 0 unspecified atom stereocenters. The van der Waals surface area contributed by atoms with Crippen molar-refractivity contribution >= 4 is 10.0 Å². The predicted octanol–water partition coefficient (Wildman–Crippen LogP) is 4.08. The molecule has 2 rings (SSSR count). The second-order valence-corrected chi connectivity index (χ2v) is 8.85. The average Bonchev–Trinajstić information content (AvgIpc) is 2.70. The van der Waals surface area contributed by atoms with E-state index in [2.05, 4.69) is 17.9 Å². The Morgan fingerprint density at radius 2 is 1.87 bits per heavy atom. The average molecular weight is 432 g/mol. The van der Waals surface area contributed by atoms with Crippen LogP contribution >= 0.6 is 0 Å². The molecule has 0 radical (unpaired) electrons. The van der Waals surface area contributed by atoms with E-state index in [1.807, 2.05) is 6.92 Å². The molecular weight excluding hydrogens is 402 g/mol. The molecule has 2 aromatic carbocycles. The summed E-state index contributed by atoms with van der Waals surface area (Å²) < 4.78 is 39.1. The van der Waals surface area contributed by atoms with E-state index < -0.39 is 15.9 Å². The van der Waals surface area contributed by atoms with Crippen LogP contribution in [-0.4, -0.2) is 34.3 Å². The van der Waals surface area contributed by atoms with Gasteiger partial charge in [-0.05, 0) is 32.4 Å². The van der Waals surface area contributed by atoms with Crippen LogP contribution in [0.15, 0.2) is 60.0 Å². The zero-order chi connectivity index (χ0) is 22.5. The van der Waals surface area contributed by atoms with E-state index in [9.17, 15) is 13.5 Å². The van der Waals surface area contributed by atoms with E-state index in [0.29, 0.717) is 29.1 Å². The molecule has 0 heterocycles. The summed E-state index contributed by atoms with van der Waals surface area (Å²) in [6, 6.07) is 8.10. The van der Waals surface area contributed by atoms with Gasteiger partial charge in [0.1, 0.15) is 17.2 Å². The number of ether oxygens (including phenoxy) is 2. The van der Waals surface area contributed by atoms with Crippen LogP contribution in [0.5, 0.6) is 17.2 Å². The van der Waals surface area contributed by atoms with Gasteiger partial charge in [-0.15, -0.1) is 6.58 Å². The summed E-state index contributed by atoms with van der Waals surface area (Å²) in [5, 5.41) is 10.7. The lowest BCUT2D eigenvalue weighted by molar-refractivity contribution is 0.370. The lowest BCUT2D eigenvalue weighted by Gasteiger charge is -2.24. The molecule has 0 aliphatic carbocycles. The predicted molar refractivity (Wildman–Crippen MR) is 119 cm³/mol. The largest absolute Gasteiger partial charge is 0.507 e. The van der Waals surface area contributed by atoms with E-state index in [0.717, 1.165) is 11.1 Å². The van der Waals surface area contributed by atoms with Crippen molar-refractivity contribution in [1.29, 1.82) is 0 Å². The number of nitrogens with one attached hydrogen (secondary N) is 1. The van der Waals surface area contributed by atoms with Crippen molar-refractivity contribution in [1.82, 2.24) is 4.72 Å². The lowest BCUT2D eigenvalue weighted by Crippen LogP contribution is -2.29. The molecule has 30 heavy (non-hydrogen) atoms. The lowest BCUT2D eigenvalue weighted by atomic mass is 9.89. The Bertz CT molecular complexity index is 1030. The van der Waals surface area contributed by atoms with E-state index in [-0.39, 0.29) is 17.2 Å². The number of hydrogen-bond donors (Lipinski definition) is 2. The van der Waals surface area contributed by atoms with E-state index in [1.165, 1.54) is 20.3 Å². The number of allylic oxidation sites excluding steroid dienone is 1. The zero-order valence-corrected chi connectivity index (χ0v) is 18.7. The minimum absolute atomic E-state index is 0.00925. The summed E-state index contributed by atoms with van der Waals surface area (Å²) in [6.45, 7) is 11.4. The van der Waals surface area contributed by atoms with Gasteiger partial charge in [0.05, 0.1) is 19.1 Å². The minimum atomic E-state index is -3.73. The molecular formula is C23H29NO5S. The third-order valence-electron chi connectivity index (χ3n) is 4.88. The van der Waals surface area contributed by atoms with Crippen LogP contribution in [0.25, 0.3) is 0 Å². The van der Waals surface area contributed by atoms with Crippen molar-refractivity contribution in [2.75, 3.05) is 20.8 Å². The smallest absolute Gasteiger partial charge is 0.240 e. The van der Waals surface area contributed by atoms with Crippen molar-refractivity contribution in [3.8, 4) is 17.2 Å². The summed E-state index contributed by atoms with van der Waals surface area (Å²) in [6.07, 6.45) is 2.16. The monoisotopic (exact) mass is 431 g/mol. The number of rotatable bonds is 10. The number of benzene rings is 2. The Morgan fingerprint density at radius 3 is 2.37 bits per heavy atom. The van der Waals surface area contributed by atoms with Crippen LogP contribution in [0.3, 0.4) is 0 Å². The highest BCUT2D eigenvalue weighted by atomic mass is 32.2. The minimum Gasteiger partial charge on any atom is -0.507 e. The van der Waals surface area contributed by atoms with Crippen molar-refractivity contribution in [3.05, 3.63) is 71.8 Å². The Labute approximate surface area is 178 Å². The number of phenolic OH excluding ortho intramolecular Hbond substituents is 1. The Balaban J connectivity index is 2.48. The first-order valence-corrected chi connectivity index (χ1v) is 10.9. The molecule has 0 spiro atoms. The Hall–Kier alpha value is -2.77. The fraction of sp³-hybridized carbons (Fsp3) is 0.304. The van der Waals surface area contributed by atoms with Crippen molar-refractivity contribution in [3.63, 3.8) is 0 Å². The van der Waals surface area contributed by atoms with Crippen LogP contribution in [0.1, 0.15) is 29.5 Å². The molecule has 2 N–H and O–H groups in total. The normalized spacial score (nSPS) is 12.3. The van der Waals surface area contributed by atoms with Crippen molar-refractivity contribution in [2.45, 2.75) is 31.1 Å². The molecule has 162 valence electrons. The maximum Gasteiger partial charge on any atom is 0.240 e. The maximum absolute atomic E-state index is 12.7. The summed E-state index contributed by atoms with van der Waals surface area (Å²) >= 11 is 0. The molecule has 6 nitrogen and oxygen atoms in total. The van der Waals surface area contributed by atoms with Gasteiger partial charge in [0, 0.05) is 29.7 Å². The highest BCUT2D eigenvalue weighted by molar-refractivity contribution is 7.89. The van der Waals surface area contributed by atoms with Crippen LogP contribution in [-0.2, 0) is 16.4 Å². The van der Waals surface area contributed by atoms with Gasteiger partial charge in [-0.1, -0.05) is 35.9 Å². The summed E-state index contributed by atoms with van der Waals surface area (Å²) in [7, 11) is -0.731. The van der Waals surface area contributed by atoms with E-state index >= 15 is 0 Å². The second kappa shape index (κ2) is 9.82. The first-order valence-electron chi connectivity index (χ1n) is 9.45. The number of aryl methyl sites for hydroxylation is 1. The Morgan fingerprint density at radius 1 is 1.23 bits per heavy atom. The molecule has 0 aliphatic rings. The molecule has 1 atom stereocenters. The second-order valence-electron chi connectivity index (χ2n) is 7.08. The zero-order valence-electron chi connectivity index (χ0n) is 17.9. The number of aromatic hydroxyl groups is 1. The maximum atomic E-state index is 12.7. The fourth-order valence-electron chi connectivity index (χ4n) is 3.29. The van der Waals surface area contributed by atoms with Crippen LogP contribution in [0.2, 0.25) is 0 Å². The van der Waals surface area contributed by atoms with E-state index in [1.54, 1.807) is 37.3 Å². The van der Waals surface area contributed by atoms with Gasteiger partial charge < -0.3 is 14.6 Å². The topological polar surface area (TPSA) is 84.9 Å². The third-order valence-corrected chi connectivity index (χ3v) is 6.32. The van der Waals surface area contributed by atoms with Crippen molar-refractivity contribution < 1.29 is 23.0 Å². The van der Waals surface area contributed by atoms with Gasteiger partial charge >= 0.3 is 0 Å². The SMILES string of the molecule is C=CCc1c(OC)cc(O)c([C@H](CNS(=O)(=O)c2ccc(C)cc2)C(=C)C)c1OC. The molecule has 0 bridgehead atoms. The number of methoxy groups -OCH3 is 2. The molecule has 0 amide bonds.